The van der Waals surface area contributed by atoms with Crippen LogP contribution in [0.3, 0.4) is 0 Å². The van der Waals surface area contributed by atoms with E-state index in [1.54, 1.807) is 0 Å². The lowest BCUT2D eigenvalue weighted by molar-refractivity contribution is 1.05. The number of nitrogens with zero attached hydrogens (tertiary/aromatic N) is 3. The number of aryl methyl sites for hydroxylation is 1. The topological polar surface area (TPSA) is 46.0 Å². The van der Waals surface area contributed by atoms with Gasteiger partial charge in [0.15, 0.2) is 0 Å². The van der Waals surface area contributed by atoms with Gasteiger partial charge in [-0.3, -0.25) is 5.10 Å². The summed E-state index contributed by atoms with van der Waals surface area (Å²) in [7, 11) is 4.05. The maximum Gasteiger partial charge on any atom is 0.107 e. The van der Waals surface area contributed by atoms with Gasteiger partial charge in [0.05, 0.1) is 15.8 Å². The van der Waals surface area contributed by atoms with Crippen molar-refractivity contribution in [2.24, 2.45) is 0 Å². The van der Waals surface area contributed by atoms with Gasteiger partial charge in [0, 0.05) is 31.0 Å². The Bertz CT molecular complexity index is 806. The lowest BCUT2D eigenvalue weighted by Gasteiger charge is -2.12. The van der Waals surface area contributed by atoms with Crippen LogP contribution in [0.25, 0.3) is 11.3 Å². The minimum absolute atomic E-state index is 0.905. The molecule has 0 aliphatic rings. The fourth-order valence-corrected chi connectivity index (χ4v) is 2.71. The number of H-pyrrole nitrogens is 1. The molecular formula is C18H18BrN4. The van der Waals surface area contributed by atoms with E-state index in [2.05, 4.69) is 43.2 Å². The summed E-state index contributed by atoms with van der Waals surface area (Å²) < 4.78 is 0.991. The summed E-state index contributed by atoms with van der Waals surface area (Å²) in [6.07, 6.45) is 0. The number of hydrogen-bond acceptors (Lipinski definition) is 2. The first-order valence-corrected chi connectivity index (χ1v) is 8.14. The largest absolute Gasteiger partial charge is 0.378 e. The average Bonchev–Trinajstić information content (AvgIpc) is 2.88. The second kappa shape index (κ2) is 6.46. The minimum Gasteiger partial charge on any atom is -0.378 e. The molecule has 3 rings (SSSR count). The Kier molecular flexibility index (Phi) is 4.39. The van der Waals surface area contributed by atoms with Crippen LogP contribution in [0.15, 0.2) is 53.0 Å². The predicted octanol–water partition coefficient (Wildman–Crippen LogP) is 4.78. The molecule has 23 heavy (non-hydrogen) atoms. The lowest BCUT2D eigenvalue weighted by atomic mass is 10.1. The molecule has 1 heterocycles. The van der Waals surface area contributed by atoms with E-state index in [-0.39, 0.29) is 0 Å². The summed E-state index contributed by atoms with van der Waals surface area (Å²) in [5.74, 6) is 0. The molecule has 0 bridgehead atoms. The van der Waals surface area contributed by atoms with Crippen molar-refractivity contribution in [2.75, 3.05) is 19.0 Å². The Morgan fingerprint density at radius 3 is 2.39 bits per heavy atom. The first-order chi connectivity index (χ1) is 11.0. The van der Waals surface area contributed by atoms with Crippen molar-refractivity contribution in [3.05, 3.63) is 58.7 Å². The molecule has 0 atom stereocenters. The molecule has 5 heteroatoms. The zero-order valence-corrected chi connectivity index (χ0v) is 14.9. The van der Waals surface area contributed by atoms with Crippen molar-refractivity contribution in [3.8, 4) is 11.3 Å². The zero-order chi connectivity index (χ0) is 16.4. The zero-order valence-electron chi connectivity index (χ0n) is 13.3. The third-order valence-corrected chi connectivity index (χ3v) is 4.59. The molecule has 0 aliphatic heterocycles. The molecule has 2 aromatic carbocycles. The van der Waals surface area contributed by atoms with E-state index in [0.29, 0.717) is 0 Å². The van der Waals surface area contributed by atoms with E-state index in [9.17, 15) is 0 Å². The standard InChI is InChI=1S/C18H18BrN4/c1-12-17(19)18(22-21-12)13-5-4-6-15(11-13)20-14-7-9-16(10-8-14)23(2)3/h4-11H,1-3H3,(H,21,22). The first kappa shape index (κ1) is 15.6. The fraction of sp³-hybridized carbons (Fsp3) is 0.167. The third kappa shape index (κ3) is 3.40. The summed E-state index contributed by atoms with van der Waals surface area (Å²) in [6.45, 7) is 1.99. The fourth-order valence-electron chi connectivity index (χ4n) is 2.30. The summed E-state index contributed by atoms with van der Waals surface area (Å²) in [6, 6.07) is 16.3. The minimum atomic E-state index is 0.905. The van der Waals surface area contributed by atoms with Crippen LogP contribution in [0.4, 0.5) is 17.1 Å². The molecule has 0 fully saturated rings. The number of anilines is 1. The summed E-state index contributed by atoms with van der Waals surface area (Å²) in [5.41, 5.74) is 5.96. The van der Waals surface area contributed by atoms with Gasteiger partial charge in [-0.05, 0) is 59.3 Å². The molecule has 0 unspecified atom stereocenters. The normalized spacial score (nSPS) is 10.6. The van der Waals surface area contributed by atoms with Crippen LogP contribution >= 0.6 is 15.9 Å². The second-order valence-electron chi connectivity index (χ2n) is 5.58. The van der Waals surface area contributed by atoms with Gasteiger partial charge in [0.2, 0.25) is 0 Å². The molecule has 0 amide bonds. The molecule has 3 aromatic rings. The highest BCUT2D eigenvalue weighted by atomic mass is 79.9. The van der Waals surface area contributed by atoms with E-state index in [1.807, 2.05) is 57.4 Å². The number of rotatable bonds is 4. The predicted molar refractivity (Wildman–Crippen MR) is 98.7 cm³/mol. The van der Waals surface area contributed by atoms with E-state index in [4.69, 9.17) is 5.32 Å². The molecule has 1 aromatic heterocycles. The number of benzene rings is 2. The van der Waals surface area contributed by atoms with Crippen molar-refractivity contribution in [2.45, 2.75) is 6.92 Å². The van der Waals surface area contributed by atoms with Gasteiger partial charge in [-0.1, -0.05) is 12.1 Å². The van der Waals surface area contributed by atoms with Crippen LogP contribution in [-0.4, -0.2) is 24.3 Å². The molecular weight excluding hydrogens is 352 g/mol. The Morgan fingerprint density at radius 1 is 1.04 bits per heavy atom. The van der Waals surface area contributed by atoms with E-state index >= 15 is 0 Å². The molecule has 117 valence electrons. The molecule has 0 aliphatic carbocycles. The number of aromatic nitrogens is 2. The Labute approximate surface area is 144 Å². The average molecular weight is 370 g/mol. The van der Waals surface area contributed by atoms with Crippen LogP contribution in [0.5, 0.6) is 0 Å². The van der Waals surface area contributed by atoms with Gasteiger partial charge in [0.25, 0.3) is 0 Å². The highest BCUT2D eigenvalue weighted by Crippen LogP contribution is 2.30. The highest BCUT2D eigenvalue weighted by Gasteiger charge is 2.10. The number of halogens is 1. The van der Waals surface area contributed by atoms with E-state index in [1.165, 1.54) is 0 Å². The van der Waals surface area contributed by atoms with Gasteiger partial charge in [-0.25, -0.2) is 5.32 Å². The Morgan fingerprint density at radius 2 is 1.78 bits per heavy atom. The van der Waals surface area contributed by atoms with Gasteiger partial charge < -0.3 is 4.90 Å². The summed E-state index contributed by atoms with van der Waals surface area (Å²) in [4.78, 5) is 2.07. The SMILES string of the molecule is Cc1[nH]nc(-c2cccc([N]c3ccc(N(C)C)cc3)c2)c1Br. The molecule has 0 saturated carbocycles. The van der Waals surface area contributed by atoms with Gasteiger partial charge >= 0.3 is 0 Å². The van der Waals surface area contributed by atoms with Gasteiger partial charge in [-0.15, -0.1) is 0 Å². The Hall–Kier alpha value is -2.27. The smallest absolute Gasteiger partial charge is 0.107 e. The van der Waals surface area contributed by atoms with Gasteiger partial charge in [-0.2, -0.15) is 5.10 Å². The summed E-state index contributed by atoms with van der Waals surface area (Å²) >= 11 is 3.57. The highest BCUT2D eigenvalue weighted by molar-refractivity contribution is 9.10. The van der Waals surface area contributed by atoms with Crippen LogP contribution in [-0.2, 0) is 0 Å². The van der Waals surface area contributed by atoms with Crippen LogP contribution in [0, 0.1) is 6.92 Å². The van der Waals surface area contributed by atoms with Gasteiger partial charge in [0.1, 0.15) is 5.69 Å². The van der Waals surface area contributed by atoms with Crippen LogP contribution in [0.1, 0.15) is 5.69 Å². The number of nitrogens with one attached hydrogen (secondary N) is 1. The number of hydrogen-bond donors (Lipinski definition) is 1. The second-order valence-corrected chi connectivity index (χ2v) is 6.38. The van der Waals surface area contributed by atoms with Crippen molar-refractivity contribution >= 4 is 33.0 Å². The maximum absolute atomic E-state index is 4.69. The summed E-state index contributed by atoms with van der Waals surface area (Å²) in [5, 5.41) is 12.0. The monoisotopic (exact) mass is 369 g/mol. The first-order valence-electron chi connectivity index (χ1n) is 7.34. The van der Waals surface area contributed by atoms with Crippen molar-refractivity contribution in [1.82, 2.24) is 15.5 Å². The molecule has 0 spiro atoms. The number of aromatic amines is 1. The Balaban J connectivity index is 1.84. The van der Waals surface area contributed by atoms with Crippen LogP contribution in [0.2, 0.25) is 0 Å². The van der Waals surface area contributed by atoms with Crippen molar-refractivity contribution in [3.63, 3.8) is 0 Å². The van der Waals surface area contributed by atoms with Crippen LogP contribution < -0.4 is 10.2 Å². The molecule has 1 radical (unpaired) electrons. The third-order valence-electron chi connectivity index (χ3n) is 3.62. The molecule has 4 nitrogen and oxygen atoms in total. The van der Waals surface area contributed by atoms with E-state index < -0.39 is 0 Å². The van der Waals surface area contributed by atoms with Crippen molar-refractivity contribution < 1.29 is 0 Å². The van der Waals surface area contributed by atoms with E-state index in [0.717, 1.165) is 38.5 Å². The van der Waals surface area contributed by atoms with Crippen molar-refractivity contribution in [1.29, 1.82) is 0 Å². The molecule has 0 saturated heterocycles. The quantitative estimate of drug-likeness (QED) is 0.718. The molecule has 1 N–H and O–H groups in total. The lowest BCUT2D eigenvalue weighted by Crippen LogP contribution is -2.08. The maximum atomic E-state index is 4.69.